The first-order valence-corrected chi connectivity index (χ1v) is 8.64. The van der Waals surface area contributed by atoms with Crippen LogP contribution in [0.3, 0.4) is 0 Å². The fourth-order valence-electron chi connectivity index (χ4n) is 2.49. The average molecular weight is 348 g/mol. The van der Waals surface area contributed by atoms with E-state index in [0.717, 1.165) is 25.3 Å². The number of amides is 1. The summed E-state index contributed by atoms with van der Waals surface area (Å²) in [6, 6.07) is 3.70. The minimum absolute atomic E-state index is 0.0355. The summed E-state index contributed by atoms with van der Waals surface area (Å²) in [5.41, 5.74) is 1.58. The molecule has 0 aromatic carbocycles. The Morgan fingerprint density at radius 1 is 1.17 bits per heavy atom. The molecule has 9 heteroatoms. The largest absolute Gasteiger partial charge is 0.475 e. The van der Waals surface area contributed by atoms with E-state index in [0.29, 0.717) is 36.1 Å². The van der Waals surface area contributed by atoms with Crippen molar-refractivity contribution in [1.82, 2.24) is 29.6 Å². The molecule has 24 heavy (non-hydrogen) atoms. The third kappa shape index (κ3) is 4.04. The van der Waals surface area contributed by atoms with Crippen LogP contribution in [0.5, 0.6) is 5.88 Å². The highest BCUT2D eigenvalue weighted by atomic mass is 32.1. The van der Waals surface area contributed by atoms with Gasteiger partial charge < -0.3 is 9.64 Å². The second-order valence-corrected chi connectivity index (χ2v) is 6.44. The summed E-state index contributed by atoms with van der Waals surface area (Å²) in [6.45, 7) is 8.16. The van der Waals surface area contributed by atoms with Gasteiger partial charge in [0.1, 0.15) is 11.5 Å². The molecule has 0 bridgehead atoms. The Hall–Kier alpha value is -2.13. The smallest absolute Gasteiger partial charge is 0.267 e. The van der Waals surface area contributed by atoms with Crippen LogP contribution in [0.25, 0.3) is 0 Å². The summed E-state index contributed by atoms with van der Waals surface area (Å²) in [4.78, 5) is 17.2. The molecule has 0 saturated carbocycles. The summed E-state index contributed by atoms with van der Waals surface area (Å²) >= 11 is 1.17. The Bertz CT molecular complexity index is 682. The molecule has 1 aliphatic rings. The van der Waals surface area contributed by atoms with Gasteiger partial charge in [-0.15, -0.1) is 10.2 Å². The van der Waals surface area contributed by atoms with Crippen LogP contribution in [0.2, 0.25) is 0 Å². The maximum absolute atomic E-state index is 12.4. The van der Waals surface area contributed by atoms with Crippen LogP contribution in [0.15, 0.2) is 12.1 Å². The third-order valence-corrected chi connectivity index (χ3v) is 4.75. The van der Waals surface area contributed by atoms with Gasteiger partial charge in [0.05, 0.1) is 11.4 Å². The minimum atomic E-state index is 0.0355. The molecule has 1 amide bonds. The van der Waals surface area contributed by atoms with Crippen molar-refractivity contribution in [2.75, 3.05) is 39.3 Å². The molecule has 3 rings (SSSR count). The predicted octanol–water partition coefficient (Wildman–Crippen LogP) is 0.782. The number of carbonyl (C=O) groups excluding carboxylic acids is 1. The number of carbonyl (C=O) groups is 1. The van der Waals surface area contributed by atoms with Crippen molar-refractivity contribution in [3.63, 3.8) is 0 Å². The lowest BCUT2D eigenvalue weighted by molar-refractivity contribution is 0.0623. The first-order chi connectivity index (χ1) is 11.6. The highest BCUT2D eigenvalue weighted by Gasteiger charge is 2.24. The molecule has 0 radical (unpaired) electrons. The second-order valence-electron chi connectivity index (χ2n) is 5.68. The molecule has 128 valence electrons. The van der Waals surface area contributed by atoms with Crippen LogP contribution in [0, 0.1) is 13.8 Å². The topological polar surface area (TPSA) is 84.3 Å². The van der Waals surface area contributed by atoms with E-state index in [9.17, 15) is 4.79 Å². The van der Waals surface area contributed by atoms with Crippen LogP contribution >= 0.6 is 11.5 Å². The molecule has 0 N–H and O–H groups in total. The van der Waals surface area contributed by atoms with E-state index >= 15 is 0 Å². The zero-order valence-corrected chi connectivity index (χ0v) is 14.6. The number of nitrogens with zero attached hydrogens (tertiary/aromatic N) is 6. The average Bonchev–Trinajstić information content (AvgIpc) is 3.03. The summed E-state index contributed by atoms with van der Waals surface area (Å²) in [5.74, 6) is 0.580. The molecule has 0 atom stereocenters. The Morgan fingerprint density at radius 2 is 1.96 bits per heavy atom. The molecule has 0 aliphatic carbocycles. The number of ether oxygens (including phenoxy) is 1. The van der Waals surface area contributed by atoms with E-state index in [1.54, 1.807) is 0 Å². The number of piperazine rings is 1. The highest BCUT2D eigenvalue weighted by molar-refractivity contribution is 7.07. The van der Waals surface area contributed by atoms with E-state index < -0.39 is 0 Å². The van der Waals surface area contributed by atoms with Gasteiger partial charge in [-0.1, -0.05) is 4.49 Å². The van der Waals surface area contributed by atoms with Gasteiger partial charge in [-0.3, -0.25) is 9.69 Å². The van der Waals surface area contributed by atoms with Crippen molar-refractivity contribution < 1.29 is 9.53 Å². The van der Waals surface area contributed by atoms with Crippen LogP contribution in [0.4, 0.5) is 0 Å². The van der Waals surface area contributed by atoms with Crippen LogP contribution in [-0.4, -0.2) is 74.8 Å². The standard InChI is InChI=1S/C15H20N6O2S/c1-11-3-4-13(18-16-11)23-10-9-20-5-7-21(8-6-20)15(22)14-12(2)17-19-24-14/h3-4H,5-10H2,1-2H3. The van der Waals surface area contributed by atoms with Gasteiger partial charge in [-0.25, -0.2) is 0 Å². The van der Waals surface area contributed by atoms with Gasteiger partial charge in [-0.2, -0.15) is 5.10 Å². The zero-order valence-electron chi connectivity index (χ0n) is 13.8. The molecule has 1 saturated heterocycles. The SMILES string of the molecule is Cc1ccc(OCCN2CCN(C(=O)c3snnc3C)CC2)nn1. The molecule has 8 nitrogen and oxygen atoms in total. The number of aromatic nitrogens is 4. The van der Waals surface area contributed by atoms with E-state index in [1.807, 2.05) is 30.9 Å². The van der Waals surface area contributed by atoms with Crippen molar-refractivity contribution in [2.24, 2.45) is 0 Å². The van der Waals surface area contributed by atoms with Crippen molar-refractivity contribution in [1.29, 1.82) is 0 Å². The lowest BCUT2D eigenvalue weighted by Crippen LogP contribution is -2.49. The minimum Gasteiger partial charge on any atom is -0.475 e. The summed E-state index contributed by atoms with van der Waals surface area (Å²) in [7, 11) is 0. The fourth-order valence-corrected chi connectivity index (χ4v) is 3.11. The monoisotopic (exact) mass is 348 g/mol. The van der Waals surface area contributed by atoms with Crippen molar-refractivity contribution in [3.8, 4) is 5.88 Å². The maximum Gasteiger partial charge on any atom is 0.267 e. The number of hydrogen-bond donors (Lipinski definition) is 0. The Balaban J connectivity index is 1.41. The van der Waals surface area contributed by atoms with Gasteiger partial charge >= 0.3 is 0 Å². The molecule has 0 spiro atoms. The first kappa shape index (κ1) is 16.7. The van der Waals surface area contributed by atoms with E-state index in [2.05, 4.69) is 24.7 Å². The van der Waals surface area contributed by atoms with E-state index in [1.165, 1.54) is 11.5 Å². The number of hydrogen-bond acceptors (Lipinski definition) is 8. The Kier molecular flexibility index (Phi) is 5.31. The Morgan fingerprint density at radius 3 is 2.58 bits per heavy atom. The van der Waals surface area contributed by atoms with E-state index in [-0.39, 0.29) is 5.91 Å². The molecule has 2 aromatic rings. The molecular weight excluding hydrogens is 328 g/mol. The second kappa shape index (κ2) is 7.63. The molecule has 2 aromatic heterocycles. The molecule has 1 fully saturated rings. The normalized spacial score (nSPS) is 15.5. The zero-order chi connectivity index (χ0) is 16.9. The number of rotatable bonds is 5. The van der Waals surface area contributed by atoms with Gasteiger partial charge in [0, 0.05) is 38.8 Å². The Labute approximate surface area is 144 Å². The van der Waals surface area contributed by atoms with Gasteiger partial charge in [0.15, 0.2) is 0 Å². The van der Waals surface area contributed by atoms with Gasteiger partial charge in [-0.05, 0) is 31.4 Å². The summed E-state index contributed by atoms with van der Waals surface area (Å²) in [5, 5.41) is 11.8. The van der Waals surface area contributed by atoms with Crippen molar-refractivity contribution in [2.45, 2.75) is 13.8 Å². The van der Waals surface area contributed by atoms with Crippen molar-refractivity contribution >= 4 is 17.4 Å². The fraction of sp³-hybridized carbons (Fsp3) is 0.533. The lowest BCUT2D eigenvalue weighted by Gasteiger charge is -2.34. The third-order valence-electron chi connectivity index (χ3n) is 3.94. The highest BCUT2D eigenvalue weighted by Crippen LogP contribution is 2.14. The quantitative estimate of drug-likeness (QED) is 0.789. The van der Waals surface area contributed by atoms with Crippen LogP contribution < -0.4 is 4.74 Å². The molecular formula is C15H20N6O2S. The number of aryl methyl sites for hydroxylation is 2. The summed E-state index contributed by atoms with van der Waals surface area (Å²) in [6.07, 6.45) is 0. The van der Waals surface area contributed by atoms with Gasteiger partial charge in [0.2, 0.25) is 5.88 Å². The maximum atomic E-state index is 12.4. The lowest BCUT2D eigenvalue weighted by atomic mass is 10.2. The summed E-state index contributed by atoms with van der Waals surface area (Å²) < 4.78 is 9.44. The molecule has 0 unspecified atom stereocenters. The van der Waals surface area contributed by atoms with Gasteiger partial charge in [0.25, 0.3) is 5.91 Å². The first-order valence-electron chi connectivity index (χ1n) is 7.87. The molecule has 3 heterocycles. The van der Waals surface area contributed by atoms with Crippen LogP contribution in [-0.2, 0) is 0 Å². The molecule has 1 aliphatic heterocycles. The predicted molar refractivity (Wildman–Crippen MR) is 89.3 cm³/mol. The van der Waals surface area contributed by atoms with Crippen molar-refractivity contribution in [3.05, 3.63) is 28.4 Å². The van der Waals surface area contributed by atoms with Crippen LogP contribution in [0.1, 0.15) is 21.1 Å². The van der Waals surface area contributed by atoms with E-state index in [4.69, 9.17) is 4.74 Å².